The Morgan fingerprint density at radius 1 is 1.29 bits per heavy atom. The van der Waals surface area contributed by atoms with Gasteiger partial charge in [0.05, 0.1) is 6.54 Å². The van der Waals surface area contributed by atoms with Gasteiger partial charge in [-0.05, 0) is 49.0 Å². The number of halogens is 1. The van der Waals surface area contributed by atoms with Crippen molar-refractivity contribution in [2.75, 3.05) is 20.1 Å². The van der Waals surface area contributed by atoms with Crippen LogP contribution in [0.2, 0.25) is 0 Å². The lowest BCUT2D eigenvalue weighted by atomic mass is 10.0. The molecule has 2 amide bonds. The van der Waals surface area contributed by atoms with Gasteiger partial charge in [-0.3, -0.25) is 19.4 Å². The van der Waals surface area contributed by atoms with E-state index < -0.39 is 0 Å². The fraction of sp³-hybridized carbons (Fsp3) is 0.478. The maximum atomic E-state index is 13.2. The molecular weight excluding hydrogens is 415 g/mol. The second-order valence-electron chi connectivity index (χ2n) is 8.36. The Morgan fingerprint density at radius 3 is 2.84 bits per heavy atom. The fourth-order valence-corrected chi connectivity index (χ4v) is 5.28. The molecule has 166 valence electrons. The number of nitrogens with one attached hydrogen (secondary N) is 2. The first-order valence-electron chi connectivity index (χ1n) is 10.8. The lowest BCUT2D eigenvalue weighted by Crippen LogP contribution is -2.49. The minimum Gasteiger partial charge on any atom is -0.353 e. The SMILES string of the molecule is CN1[C@@H](CCC(=O)NCc2cccs2)CNC(=O)[C@@H]2[C@@H]1CCN2Cc1ccc(F)cc1. The molecule has 31 heavy (non-hydrogen) atoms. The van der Waals surface area contributed by atoms with Gasteiger partial charge in [0.1, 0.15) is 11.9 Å². The van der Waals surface area contributed by atoms with Gasteiger partial charge in [-0.25, -0.2) is 4.39 Å². The number of hydrogen-bond donors (Lipinski definition) is 2. The van der Waals surface area contributed by atoms with Crippen LogP contribution in [0.25, 0.3) is 0 Å². The molecular formula is C23H29FN4O2S. The van der Waals surface area contributed by atoms with Crippen molar-refractivity contribution >= 4 is 23.2 Å². The van der Waals surface area contributed by atoms with Crippen LogP contribution in [0.15, 0.2) is 41.8 Å². The second-order valence-corrected chi connectivity index (χ2v) is 9.39. The highest BCUT2D eigenvalue weighted by atomic mass is 32.1. The first-order chi connectivity index (χ1) is 15.0. The molecule has 2 fully saturated rings. The second kappa shape index (κ2) is 9.89. The molecule has 2 aliphatic rings. The van der Waals surface area contributed by atoms with Crippen molar-refractivity contribution in [1.29, 1.82) is 0 Å². The standard InChI is InChI=1S/C23H29FN4O2S/c1-27-18(8-9-21(29)25-14-19-3-2-12-31-19)13-26-23(30)22-20(27)10-11-28(22)15-16-4-6-17(24)7-5-16/h2-7,12,18,20,22H,8-11,13-15H2,1H3,(H,25,29)(H,26,30)/t18-,20-,22-/m0/s1. The van der Waals surface area contributed by atoms with E-state index in [-0.39, 0.29) is 35.8 Å². The summed E-state index contributed by atoms with van der Waals surface area (Å²) in [5.74, 6) is -0.170. The summed E-state index contributed by atoms with van der Waals surface area (Å²) in [5, 5.41) is 8.07. The van der Waals surface area contributed by atoms with E-state index in [9.17, 15) is 14.0 Å². The van der Waals surface area contributed by atoms with Gasteiger partial charge in [0.15, 0.2) is 0 Å². The van der Waals surface area contributed by atoms with E-state index in [0.717, 1.165) is 23.4 Å². The van der Waals surface area contributed by atoms with Crippen LogP contribution < -0.4 is 10.6 Å². The Morgan fingerprint density at radius 2 is 2.10 bits per heavy atom. The smallest absolute Gasteiger partial charge is 0.239 e. The summed E-state index contributed by atoms with van der Waals surface area (Å²) in [6.45, 7) is 2.55. The molecule has 3 atom stereocenters. The molecule has 2 saturated heterocycles. The number of carbonyl (C=O) groups excluding carboxylic acids is 2. The van der Waals surface area contributed by atoms with Gasteiger partial charge < -0.3 is 10.6 Å². The molecule has 0 aliphatic carbocycles. The van der Waals surface area contributed by atoms with Gasteiger partial charge in [-0.1, -0.05) is 18.2 Å². The number of hydrogen-bond acceptors (Lipinski definition) is 5. The first kappa shape index (κ1) is 21.9. The van der Waals surface area contributed by atoms with Gasteiger partial charge in [0.25, 0.3) is 0 Å². The number of fused-ring (bicyclic) bond motifs is 1. The molecule has 1 aromatic carbocycles. The van der Waals surface area contributed by atoms with E-state index in [2.05, 4.69) is 27.5 Å². The van der Waals surface area contributed by atoms with E-state index in [1.165, 1.54) is 12.1 Å². The molecule has 0 saturated carbocycles. The third kappa shape index (κ3) is 5.31. The Hall–Kier alpha value is -2.29. The highest BCUT2D eigenvalue weighted by Crippen LogP contribution is 2.28. The Bertz CT molecular complexity index is 889. The summed E-state index contributed by atoms with van der Waals surface area (Å²) in [6.07, 6.45) is 2.04. The highest BCUT2D eigenvalue weighted by Gasteiger charge is 2.44. The van der Waals surface area contributed by atoms with Crippen molar-refractivity contribution in [1.82, 2.24) is 20.4 Å². The summed E-state index contributed by atoms with van der Waals surface area (Å²) >= 11 is 1.63. The molecule has 0 unspecified atom stereocenters. The van der Waals surface area contributed by atoms with Gasteiger partial charge in [0, 0.05) is 43.0 Å². The molecule has 8 heteroatoms. The van der Waals surface area contributed by atoms with Crippen LogP contribution in [0.4, 0.5) is 4.39 Å². The lowest BCUT2D eigenvalue weighted by Gasteiger charge is -2.33. The minimum atomic E-state index is -0.253. The number of rotatable bonds is 7. The number of carbonyl (C=O) groups is 2. The number of thiophene rings is 1. The van der Waals surface area contributed by atoms with Crippen LogP contribution in [0, 0.1) is 5.82 Å². The highest BCUT2D eigenvalue weighted by molar-refractivity contribution is 7.09. The number of amides is 2. The Kier molecular flexibility index (Phi) is 6.99. The fourth-order valence-electron chi connectivity index (χ4n) is 4.64. The third-order valence-electron chi connectivity index (χ3n) is 6.39. The van der Waals surface area contributed by atoms with Crippen LogP contribution in [0.3, 0.4) is 0 Å². The van der Waals surface area contributed by atoms with Crippen LogP contribution in [0.1, 0.15) is 29.7 Å². The van der Waals surface area contributed by atoms with E-state index in [0.29, 0.717) is 32.5 Å². The summed E-state index contributed by atoms with van der Waals surface area (Å²) in [5.41, 5.74) is 1.00. The molecule has 2 aromatic rings. The van der Waals surface area contributed by atoms with Crippen molar-refractivity contribution in [3.8, 4) is 0 Å². The van der Waals surface area contributed by atoms with Crippen molar-refractivity contribution in [3.05, 3.63) is 58.0 Å². The number of nitrogens with zero attached hydrogens (tertiary/aromatic N) is 2. The van der Waals surface area contributed by atoms with E-state index in [4.69, 9.17) is 0 Å². The van der Waals surface area contributed by atoms with Crippen LogP contribution in [-0.2, 0) is 22.7 Å². The summed E-state index contributed by atoms with van der Waals surface area (Å²) in [7, 11) is 2.06. The third-order valence-corrected chi connectivity index (χ3v) is 7.27. The molecule has 4 rings (SSSR count). The number of likely N-dealkylation sites (tertiary alicyclic amines) is 1. The monoisotopic (exact) mass is 444 g/mol. The zero-order chi connectivity index (χ0) is 21.8. The summed E-state index contributed by atoms with van der Waals surface area (Å²) in [4.78, 5) is 30.8. The van der Waals surface area contributed by atoms with Crippen molar-refractivity contribution in [3.63, 3.8) is 0 Å². The average Bonchev–Trinajstić information content (AvgIpc) is 3.41. The molecule has 6 nitrogen and oxygen atoms in total. The van der Waals surface area contributed by atoms with Gasteiger partial charge >= 0.3 is 0 Å². The Labute approximate surface area is 186 Å². The van der Waals surface area contributed by atoms with Crippen molar-refractivity contribution in [2.24, 2.45) is 0 Å². The summed E-state index contributed by atoms with van der Waals surface area (Å²) in [6, 6.07) is 10.5. The van der Waals surface area contributed by atoms with Crippen LogP contribution in [0.5, 0.6) is 0 Å². The molecule has 0 radical (unpaired) electrons. The maximum Gasteiger partial charge on any atom is 0.239 e. The zero-order valence-corrected chi connectivity index (χ0v) is 18.5. The predicted octanol–water partition coefficient (Wildman–Crippen LogP) is 2.36. The first-order valence-corrected chi connectivity index (χ1v) is 11.7. The lowest BCUT2D eigenvalue weighted by molar-refractivity contribution is -0.126. The molecule has 2 aliphatic heterocycles. The average molecular weight is 445 g/mol. The molecule has 0 bridgehead atoms. The summed E-state index contributed by atoms with van der Waals surface area (Å²) < 4.78 is 13.2. The predicted molar refractivity (Wildman–Crippen MR) is 119 cm³/mol. The number of likely N-dealkylation sites (N-methyl/N-ethyl adjacent to an activating group) is 1. The van der Waals surface area contributed by atoms with Gasteiger partial charge in [-0.15, -0.1) is 11.3 Å². The van der Waals surface area contributed by atoms with Crippen LogP contribution >= 0.6 is 11.3 Å². The van der Waals surface area contributed by atoms with Crippen molar-refractivity contribution < 1.29 is 14.0 Å². The van der Waals surface area contributed by atoms with Gasteiger partial charge in [0.2, 0.25) is 11.8 Å². The van der Waals surface area contributed by atoms with E-state index >= 15 is 0 Å². The molecule has 2 N–H and O–H groups in total. The molecule has 3 heterocycles. The quantitative estimate of drug-likeness (QED) is 0.688. The maximum absolute atomic E-state index is 13.2. The van der Waals surface area contributed by atoms with Gasteiger partial charge in [-0.2, -0.15) is 0 Å². The molecule has 0 spiro atoms. The zero-order valence-electron chi connectivity index (χ0n) is 17.7. The van der Waals surface area contributed by atoms with Crippen LogP contribution in [-0.4, -0.2) is 59.9 Å². The number of benzene rings is 1. The minimum absolute atomic E-state index is 0.0401. The molecule has 1 aromatic heterocycles. The van der Waals surface area contributed by atoms with E-state index in [1.807, 2.05) is 17.5 Å². The normalized spacial score (nSPS) is 24.5. The largest absolute Gasteiger partial charge is 0.353 e. The van der Waals surface area contributed by atoms with E-state index in [1.54, 1.807) is 23.5 Å². The van der Waals surface area contributed by atoms with Crippen molar-refractivity contribution in [2.45, 2.75) is 50.5 Å². The topological polar surface area (TPSA) is 64.7 Å². The Balaban J connectivity index is 1.33.